The Morgan fingerprint density at radius 1 is 1.03 bits per heavy atom. The predicted molar refractivity (Wildman–Crippen MR) is 112 cm³/mol. The van der Waals surface area contributed by atoms with Crippen molar-refractivity contribution in [1.29, 1.82) is 0 Å². The number of fused-ring (bicyclic) bond motifs is 2. The van der Waals surface area contributed by atoms with E-state index in [1.165, 1.54) is 22.5 Å². The minimum absolute atomic E-state index is 0.0388. The van der Waals surface area contributed by atoms with E-state index >= 15 is 0 Å². The smallest absolute Gasteiger partial charge is 0.163 e. The van der Waals surface area contributed by atoms with Gasteiger partial charge in [0.05, 0.1) is 0 Å². The van der Waals surface area contributed by atoms with E-state index in [0.717, 1.165) is 31.5 Å². The second-order valence-corrected chi connectivity index (χ2v) is 8.79. The van der Waals surface area contributed by atoms with Crippen molar-refractivity contribution >= 4 is 10.9 Å². The van der Waals surface area contributed by atoms with E-state index in [9.17, 15) is 8.78 Å². The van der Waals surface area contributed by atoms with Gasteiger partial charge in [0.25, 0.3) is 0 Å². The highest BCUT2D eigenvalue weighted by Gasteiger charge is 2.42. The van der Waals surface area contributed by atoms with Gasteiger partial charge in [-0.1, -0.05) is 24.3 Å². The molecule has 152 valence electrons. The number of likely N-dealkylation sites (N-methyl/N-ethyl adjacent to an activating group) is 1. The Hall–Kier alpha value is -2.24. The largest absolute Gasteiger partial charge is 0.350 e. The molecule has 3 aromatic rings. The number of nitrogens with zero attached hydrogens (tertiary/aromatic N) is 3. The van der Waals surface area contributed by atoms with E-state index in [-0.39, 0.29) is 6.04 Å². The standard InChI is InChI=1S/C24H27F2N3/c1-27(2)22-14-29(21-11-9-15-8-10-19(25)24(26)23(15)21)13-18(22)17-12-28(3)20-7-5-4-6-16(17)20/h4-8,10,12,18,21-22H,9,11,13-14H2,1-3H3/t18-,21?,22+/m1/s1. The molecule has 0 spiro atoms. The summed E-state index contributed by atoms with van der Waals surface area (Å²) >= 11 is 0. The summed E-state index contributed by atoms with van der Waals surface area (Å²) in [5, 5.41) is 1.29. The number of aromatic nitrogens is 1. The molecule has 1 saturated heterocycles. The molecule has 29 heavy (non-hydrogen) atoms. The summed E-state index contributed by atoms with van der Waals surface area (Å²) in [5.41, 5.74) is 4.13. The van der Waals surface area contributed by atoms with Crippen LogP contribution in [-0.4, -0.2) is 47.6 Å². The Bertz CT molecular complexity index is 1070. The van der Waals surface area contributed by atoms with Gasteiger partial charge in [-0.15, -0.1) is 0 Å². The van der Waals surface area contributed by atoms with E-state index < -0.39 is 11.6 Å². The average Bonchev–Trinajstić information content (AvgIpc) is 3.40. The van der Waals surface area contributed by atoms with Crippen LogP contribution >= 0.6 is 0 Å². The predicted octanol–water partition coefficient (Wildman–Crippen LogP) is 4.47. The fraction of sp³-hybridized carbons (Fsp3) is 0.417. The maximum Gasteiger partial charge on any atom is 0.163 e. The summed E-state index contributed by atoms with van der Waals surface area (Å²) in [7, 11) is 6.33. The first-order chi connectivity index (χ1) is 14.0. The summed E-state index contributed by atoms with van der Waals surface area (Å²) in [6.07, 6.45) is 3.93. The number of hydrogen-bond acceptors (Lipinski definition) is 2. The summed E-state index contributed by atoms with van der Waals surface area (Å²) in [5.74, 6) is -1.05. The lowest BCUT2D eigenvalue weighted by Crippen LogP contribution is -2.35. The first kappa shape index (κ1) is 18.8. The van der Waals surface area contributed by atoms with Gasteiger partial charge in [-0.2, -0.15) is 0 Å². The Balaban J connectivity index is 1.53. The third kappa shape index (κ3) is 2.90. The SMILES string of the molecule is CN(C)[C@H]1CN(C2CCc3ccc(F)c(F)c32)C[C@@H]1c1cn(C)c2ccccc12. The minimum Gasteiger partial charge on any atom is -0.350 e. The van der Waals surface area contributed by atoms with Crippen molar-refractivity contribution in [3.63, 3.8) is 0 Å². The van der Waals surface area contributed by atoms with Crippen LogP contribution in [0.5, 0.6) is 0 Å². The zero-order valence-corrected chi connectivity index (χ0v) is 17.2. The third-order valence-electron chi connectivity index (χ3n) is 6.99. The number of likely N-dealkylation sites (tertiary alicyclic amines) is 1. The topological polar surface area (TPSA) is 11.4 Å². The average molecular weight is 395 g/mol. The molecule has 2 aromatic carbocycles. The van der Waals surface area contributed by atoms with E-state index in [1.807, 2.05) is 0 Å². The highest BCUT2D eigenvalue weighted by molar-refractivity contribution is 5.84. The van der Waals surface area contributed by atoms with E-state index in [0.29, 0.717) is 17.5 Å². The molecular formula is C24H27F2N3. The fourth-order valence-electron chi connectivity index (χ4n) is 5.55. The van der Waals surface area contributed by atoms with Crippen LogP contribution in [0.4, 0.5) is 8.78 Å². The van der Waals surface area contributed by atoms with Gasteiger partial charge >= 0.3 is 0 Å². The second kappa shape index (κ2) is 6.92. The van der Waals surface area contributed by atoms with E-state index in [2.05, 4.69) is 66.0 Å². The van der Waals surface area contributed by atoms with Gasteiger partial charge in [0, 0.05) is 60.8 Å². The zero-order chi connectivity index (χ0) is 20.3. The molecule has 1 aliphatic heterocycles. The molecular weight excluding hydrogens is 368 g/mol. The Labute approximate surface area is 170 Å². The lowest BCUT2D eigenvalue weighted by atomic mass is 9.93. The molecule has 2 heterocycles. The fourth-order valence-corrected chi connectivity index (χ4v) is 5.55. The van der Waals surface area contributed by atoms with Crippen molar-refractivity contribution in [3.8, 4) is 0 Å². The van der Waals surface area contributed by atoms with Crippen LogP contribution in [0.25, 0.3) is 10.9 Å². The molecule has 2 aliphatic rings. The lowest BCUT2D eigenvalue weighted by molar-refractivity contribution is 0.212. The van der Waals surface area contributed by atoms with Crippen molar-refractivity contribution < 1.29 is 8.78 Å². The normalized spacial score (nSPS) is 24.7. The summed E-state index contributed by atoms with van der Waals surface area (Å²) < 4.78 is 30.8. The molecule has 0 radical (unpaired) electrons. The first-order valence-corrected chi connectivity index (χ1v) is 10.4. The van der Waals surface area contributed by atoms with Gasteiger partial charge < -0.3 is 9.47 Å². The summed E-state index contributed by atoms with van der Waals surface area (Å²) in [6, 6.07) is 11.8. The molecule has 1 unspecified atom stereocenters. The van der Waals surface area contributed by atoms with Crippen LogP contribution in [0.1, 0.15) is 35.1 Å². The van der Waals surface area contributed by atoms with Crippen molar-refractivity contribution in [2.75, 3.05) is 27.2 Å². The molecule has 0 N–H and O–H groups in total. The highest BCUT2D eigenvalue weighted by atomic mass is 19.2. The van der Waals surface area contributed by atoms with E-state index in [4.69, 9.17) is 0 Å². The van der Waals surface area contributed by atoms with Crippen LogP contribution in [-0.2, 0) is 13.5 Å². The van der Waals surface area contributed by atoms with Crippen LogP contribution in [0, 0.1) is 11.6 Å². The molecule has 3 atom stereocenters. The molecule has 1 aliphatic carbocycles. The van der Waals surface area contributed by atoms with Gasteiger partial charge in [0.15, 0.2) is 11.6 Å². The van der Waals surface area contributed by atoms with Gasteiger partial charge in [0.2, 0.25) is 0 Å². The minimum atomic E-state index is -0.732. The maximum atomic E-state index is 14.7. The van der Waals surface area contributed by atoms with Crippen LogP contribution in [0.2, 0.25) is 0 Å². The maximum absolute atomic E-state index is 14.7. The van der Waals surface area contributed by atoms with Gasteiger partial charge in [-0.25, -0.2) is 8.78 Å². The van der Waals surface area contributed by atoms with Crippen molar-refractivity contribution in [2.24, 2.45) is 7.05 Å². The molecule has 5 heteroatoms. The zero-order valence-electron chi connectivity index (χ0n) is 17.2. The van der Waals surface area contributed by atoms with E-state index in [1.54, 1.807) is 6.07 Å². The van der Waals surface area contributed by atoms with Crippen molar-refractivity contribution in [1.82, 2.24) is 14.4 Å². The quantitative estimate of drug-likeness (QED) is 0.648. The van der Waals surface area contributed by atoms with Gasteiger partial charge in [-0.3, -0.25) is 4.90 Å². The number of halogens is 2. The Kier molecular flexibility index (Phi) is 4.48. The summed E-state index contributed by atoms with van der Waals surface area (Å²) in [4.78, 5) is 4.66. The Morgan fingerprint density at radius 2 is 1.83 bits per heavy atom. The molecule has 0 bridgehead atoms. The molecule has 3 nitrogen and oxygen atoms in total. The lowest BCUT2D eigenvalue weighted by Gasteiger charge is -2.26. The van der Waals surface area contributed by atoms with Crippen LogP contribution in [0.3, 0.4) is 0 Å². The van der Waals surface area contributed by atoms with Gasteiger partial charge in [-0.05, 0) is 50.2 Å². The molecule has 1 fully saturated rings. The first-order valence-electron chi connectivity index (χ1n) is 10.4. The number of aryl methyl sites for hydroxylation is 2. The molecule has 0 amide bonds. The molecule has 5 rings (SSSR count). The monoisotopic (exact) mass is 395 g/mol. The number of para-hydroxylation sites is 1. The number of hydrogen-bond donors (Lipinski definition) is 0. The Morgan fingerprint density at radius 3 is 2.62 bits per heavy atom. The van der Waals surface area contributed by atoms with Gasteiger partial charge in [0.1, 0.15) is 0 Å². The molecule has 0 saturated carbocycles. The number of benzene rings is 2. The summed E-state index contributed by atoms with van der Waals surface area (Å²) in [6.45, 7) is 1.72. The van der Waals surface area contributed by atoms with Crippen molar-refractivity contribution in [3.05, 3.63) is 70.9 Å². The number of rotatable bonds is 3. The molecule has 1 aromatic heterocycles. The highest BCUT2D eigenvalue weighted by Crippen LogP contribution is 2.44. The van der Waals surface area contributed by atoms with Crippen LogP contribution < -0.4 is 0 Å². The third-order valence-corrected chi connectivity index (χ3v) is 6.99. The van der Waals surface area contributed by atoms with Crippen molar-refractivity contribution in [2.45, 2.75) is 30.8 Å². The second-order valence-electron chi connectivity index (χ2n) is 8.79. The van der Waals surface area contributed by atoms with Crippen LogP contribution in [0.15, 0.2) is 42.6 Å².